The molecule has 0 unspecified atom stereocenters. The minimum Gasteiger partial charge on any atom is 1.00 e. The van der Waals surface area contributed by atoms with E-state index in [1.54, 1.807) is 0 Å². The van der Waals surface area contributed by atoms with Crippen molar-refractivity contribution >= 4 is 28.1 Å². The Morgan fingerprint density at radius 3 is 0.404 bits per heavy atom. The van der Waals surface area contributed by atoms with Crippen molar-refractivity contribution in [2.75, 3.05) is 0 Å². The van der Waals surface area contributed by atoms with Gasteiger partial charge in [0.2, 0.25) is 0 Å². The molecule has 0 saturated carbocycles. The fourth-order valence-corrected chi connectivity index (χ4v) is 12.1. The van der Waals surface area contributed by atoms with Gasteiger partial charge in [0, 0.05) is 0 Å². The van der Waals surface area contributed by atoms with Crippen LogP contribution in [0.4, 0.5) is 87.8 Å². The molecular weight excluding hydrogens is 715 g/mol. The summed E-state index contributed by atoms with van der Waals surface area (Å²) in [6.45, 7) is -0.923. The average Bonchev–Trinajstić information content (AvgIpc) is 3.00. The van der Waals surface area contributed by atoms with E-state index in [1.165, 1.54) is 0 Å². The van der Waals surface area contributed by atoms with Crippen molar-refractivity contribution in [1.82, 2.24) is 0 Å². The summed E-state index contributed by atoms with van der Waals surface area (Å²) in [5.74, 6) is -71.0. The van der Waals surface area contributed by atoms with E-state index in [0.29, 0.717) is 0 Å². The summed E-state index contributed by atoms with van der Waals surface area (Å²) < 4.78 is 298. The van der Waals surface area contributed by atoms with Gasteiger partial charge in [0.15, 0.2) is 0 Å². The topological polar surface area (TPSA) is 0 Å². The molecule has 0 aliphatic heterocycles. The zero-order valence-corrected chi connectivity index (χ0v) is 23.1. The van der Waals surface area contributed by atoms with Gasteiger partial charge in [0.25, 0.3) is 0 Å². The van der Waals surface area contributed by atoms with E-state index in [0.717, 1.165) is 0 Å². The van der Waals surface area contributed by atoms with E-state index in [-0.39, 0.29) is 18.9 Å². The first-order valence-corrected chi connectivity index (χ1v) is 14.3. The van der Waals surface area contributed by atoms with Gasteiger partial charge in [-0.3, -0.25) is 0 Å². The molecule has 0 aromatic heterocycles. The fraction of sp³-hybridized carbons (Fsp3) is 0.0400. The molecule has 248 valence electrons. The summed E-state index contributed by atoms with van der Waals surface area (Å²) in [6, 6.07) is 0. The first kappa shape index (κ1) is 37.7. The molecule has 0 atom stereocenters. The quantitative estimate of drug-likeness (QED) is 0.0999. The van der Waals surface area contributed by atoms with E-state index in [1.807, 2.05) is 0 Å². The van der Waals surface area contributed by atoms with Gasteiger partial charge >= 0.3 is 258 Å². The van der Waals surface area contributed by atoms with Crippen molar-refractivity contribution in [2.45, 2.75) is 6.55 Å². The minimum atomic E-state index is -9.57. The molecule has 4 aromatic carbocycles. The molecule has 0 nitrogen and oxygen atoms in total. The van der Waals surface area contributed by atoms with Crippen LogP contribution in [0, 0.1) is 116 Å². The molecule has 0 fully saturated rings. The zero-order valence-electron chi connectivity index (χ0n) is 22.1. The van der Waals surface area contributed by atoms with Gasteiger partial charge in [-0.2, -0.15) is 0 Å². The van der Waals surface area contributed by atoms with Crippen LogP contribution in [0.25, 0.3) is 0 Å². The molecule has 0 N–H and O–H groups in total. The first-order valence-electron chi connectivity index (χ1n) is 11.3. The average molecular weight is 718 g/mol. The van der Waals surface area contributed by atoms with Gasteiger partial charge in [-0.15, -0.1) is 0 Å². The molecule has 0 bridgehead atoms. The molecule has 0 radical (unpaired) electrons. The zero-order chi connectivity index (χ0) is 35.3. The van der Waals surface area contributed by atoms with Crippen molar-refractivity contribution in [3.63, 3.8) is 0 Å². The van der Waals surface area contributed by atoms with Crippen LogP contribution in [0.15, 0.2) is 0 Å². The number of rotatable bonds is 4. The second-order valence-corrected chi connectivity index (χ2v) is 15.0. The van der Waals surface area contributed by atoms with Crippen molar-refractivity contribution in [3.8, 4) is 0 Å². The molecule has 0 amide bonds. The Hall–Kier alpha value is -3.71. The molecule has 22 heteroatoms. The third-order valence-electron chi connectivity index (χ3n) is 7.34. The monoisotopic (exact) mass is 718 g/mol. The number of hydrogen-bond acceptors (Lipinski definition) is 0. The summed E-state index contributed by atoms with van der Waals surface area (Å²) in [5.41, 5.74) is 0. The Labute approximate surface area is 257 Å². The van der Waals surface area contributed by atoms with Crippen molar-refractivity contribution in [1.29, 1.82) is 0 Å². The maximum Gasteiger partial charge on any atom is 1.00 e. The van der Waals surface area contributed by atoms with Gasteiger partial charge in [0.1, 0.15) is 0 Å². The van der Waals surface area contributed by atoms with E-state index < -0.39 is 151 Å². The van der Waals surface area contributed by atoms with Crippen molar-refractivity contribution in [2.24, 2.45) is 0 Å². The summed E-state index contributed by atoms with van der Waals surface area (Å²) >= 11 is 0. The molecule has 0 aliphatic rings. The van der Waals surface area contributed by atoms with Crippen molar-refractivity contribution < 1.29 is 107 Å². The molecule has 0 heterocycles. The maximum absolute atomic E-state index is 15.6. The Kier molecular flexibility index (Phi) is 9.45. The van der Waals surface area contributed by atoms with Gasteiger partial charge in [-0.05, 0) is 0 Å². The Morgan fingerprint density at radius 2 is 0.298 bits per heavy atom. The van der Waals surface area contributed by atoms with E-state index in [4.69, 9.17) is 0 Å². The second-order valence-electron chi connectivity index (χ2n) is 9.53. The molecule has 0 saturated heterocycles. The molecule has 0 aliphatic carbocycles. The van der Waals surface area contributed by atoms with Gasteiger partial charge in [0.05, 0.1) is 0 Å². The smallest absolute Gasteiger partial charge is 1.00 e. The number of benzene rings is 4. The molecule has 4 aromatic rings. The van der Waals surface area contributed by atoms with Crippen LogP contribution in [-0.4, -0.2) is 7.35 Å². The third kappa shape index (κ3) is 4.44. The summed E-state index contributed by atoms with van der Waals surface area (Å²) in [4.78, 5) is 0. The van der Waals surface area contributed by atoms with Crippen LogP contribution in [0.1, 0.15) is 0 Å². The fourth-order valence-electron chi connectivity index (χ4n) is 5.36. The number of halogens is 20. The Morgan fingerprint density at radius 1 is 0.213 bits per heavy atom. The minimum absolute atomic E-state index is 0. The summed E-state index contributed by atoms with van der Waals surface area (Å²) in [6.07, 6.45) is 0. The molecule has 47 heavy (non-hydrogen) atoms. The Bertz CT molecular complexity index is 1640. The third-order valence-corrected chi connectivity index (χ3v) is 14.1. The van der Waals surface area contributed by atoms with Crippen molar-refractivity contribution in [3.05, 3.63) is 116 Å². The van der Waals surface area contributed by atoms with E-state index in [2.05, 4.69) is 0 Å². The predicted molar refractivity (Wildman–Crippen MR) is 115 cm³/mol. The van der Waals surface area contributed by atoms with Gasteiger partial charge in [-0.25, -0.2) is 0 Å². The molecule has 0 spiro atoms. The largest absolute Gasteiger partial charge is 1.00 e. The standard InChI is InChI=1S/C25H3F20Si.Li/c1-46(22-14(38)6(30)2(26)7(31)15(22)39,23-16(40)8(32)3(27)9(33)17(23)41,24-18(42)10(34)4(28)11(35)19(24)43)25-20(44)12(36)5(29)13(37)21(25)45;/h1H3;/q-1;+1. The van der Waals surface area contributed by atoms with Crippen LogP contribution in [-0.2, 0) is 0 Å². The normalized spacial score (nSPS) is 12.7. The van der Waals surface area contributed by atoms with Crippen LogP contribution >= 0.6 is 0 Å². The van der Waals surface area contributed by atoms with Crippen LogP contribution in [0.2, 0.25) is 6.55 Å². The predicted octanol–water partition coefficient (Wildman–Crippen LogP) is 3.43. The van der Waals surface area contributed by atoms with Gasteiger partial charge in [-0.1, -0.05) is 0 Å². The van der Waals surface area contributed by atoms with E-state index >= 15 is 35.1 Å². The second kappa shape index (κ2) is 11.8. The van der Waals surface area contributed by atoms with Crippen LogP contribution in [0.3, 0.4) is 0 Å². The molecular formula is C25H3F20LiSi. The van der Waals surface area contributed by atoms with Crippen LogP contribution in [0.5, 0.6) is 0 Å². The Balaban J connectivity index is 0.00000600. The SMILES string of the molecule is C[Si-](c1c(F)c(F)c(F)c(F)c1F)(c1c(F)c(F)c(F)c(F)c1F)(c1c(F)c(F)c(F)c(F)c1F)c1c(F)c(F)c(F)c(F)c1F.[Li+]. The molecule has 4 rings (SSSR count). The van der Waals surface area contributed by atoms with Crippen LogP contribution < -0.4 is 39.6 Å². The van der Waals surface area contributed by atoms with E-state index in [9.17, 15) is 52.7 Å². The maximum atomic E-state index is 15.6. The van der Waals surface area contributed by atoms with Gasteiger partial charge < -0.3 is 0 Å². The summed E-state index contributed by atoms with van der Waals surface area (Å²) in [7, 11) is -9.57. The summed E-state index contributed by atoms with van der Waals surface area (Å²) in [5, 5.41) is -14.0. The first-order chi connectivity index (χ1) is 21.0. The number of hydrogen-bond donors (Lipinski definition) is 0.